The van der Waals surface area contributed by atoms with Crippen LogP contribution in [-0.2, 0) is 20.0 Å². The summed E-state index contributed by atoms with van der Waals surface area (Å²) in [6.45, 7) is 3.39. The highest BCUT2D eigenvalue weighted by Gasteiger charge is 2.54. The Labute approximate surface area is 208 Å². The molecule has 0 heterocycles. The van der Waals surface area contributed by atoms with Crippen LogP contribution in [0, 0.1) is 50.4 Å². The molecule has 0 radical (unpaired) electrons. The quantitative estimate of drug-likeness (QED) is 0.406. The molecule has 1 saturated carbocycles. The fourth-order valence-electron chi connectivity index (χ4n) is 5.11. The Balaban J connectivity index is 1.82. The second-order valence-electron chi connectivity index (χ2n) is 9.06. The summed E-state index contributed by atoms with van der Waals surface area (Å²) in [5, 5.41) is 0. The molecule has 8 heteroatoms. The molecule has 2 aliphatic carbocycles. The molecular formula is C27H28N2O4S2. The topological polar surface area (TPSA) is 74.8 Å². The van der Waals surface area contributed by atoms with E-state index in [1.807, 2.05) is 26.0 Å². The molecule has 1 fully saturated rings. The second-order valence-corrected chi connectivity index (χ2v) is 12.8. The van der Waals surface area contributed by atoms with E-state index in [4.69, 9.17) is 12.8 Å². The molecule has 0 spiro atoms. The number of aryl methyl sites for hydroxylation is 2. The van der Waals surface area contributed by atoms with Crippen LogP contribution in [0.1, 0.15) is 17.5 Å². The third-order valence-corrected chi connectivity index (χ3v) is 10.5. The lowest BCUT2D eigenvalue weighted by atomic mass is 9.95. The van der Waals surface area contributed by atoms with Crippen molar-refractivity contribution in [3.05, 3.63) is 71.8 Å². The molecule has 0 saturated heterocycles. The maximum absolute atomic E-state index is 13.8. The summed E-state index contributed by atoms with van der Waals surface area (Å²) in [5.41, 5.74) is 1.86. The highest BCUT2D eigenvalue weighted by molar-refractivity contribution is 7.89. The first-order chi connectivity index (χ1) is 16.6. The van der Waals surface area contributed by atoms with Crippen LogP contribution in [0.3, 0.4) is 0 Å². The van der Waals surface area contributed by atoms with Gasteiger partial charge in [0.1, 0.15) is 0 Å². The minimum atomic E-state index is -4.00. The fourth-order valence-corrected chi connectivity index (χ4v) is 8.30. The van der Waals surface area contributed by atoms with E-state index in [1.54, 1.807) is 48.5 Å². The van der Waals surface area contributed by atoms with Gasteiger partial charge in [-0.15, -0.1) is 12.8 Å². The smallest absolute Gasteiger partial charge is 0.207 e. The van der Waals surface area contributed by atoms with Gasteiger partial charge in [-0.1, -0.05) is 59.4 Å². The predicted molar refractivity (Wildman–Crippen MR) is 136 cm³/mol. The van der Waals surface area contributed by atoms with Crippen molar-refractivity contribution in [1.29, 1.82) is 0 Å². The zero-order valence-electron chi connectivity index (χ0n) is 19.7. The van der Waals surface area contributed by atoms with Crippen molar-refractivity contribution in [3.63, 3.8) is 0 Å². The SMILES string of the molecule is C#CCN([C@H]1[C@H](N(CC#C)S(=O)(=O)c2ccc(C)cc2)[C@H]2C=C[C@@H]1C2)S(=O)(=O)c1ccc(C)cc1. The Morgan fingerprint density at radius 2 is 1.06 bits per heavy atom. The maximum atomic E-state index is 13.8. The Morgan fingerprint density at radius 3 is 1.37 bits per heavy atom. The highest BCUT2D eigenvalue weighted by Crippen LogP contribution is 2.47. The summed E-state index contributed by atoms with van der Waals surface area (Å²) in [5.74, 6) is 4.60. The van der Waals surface area contributed by atoms with Gasteiger partial charge >= 0.3 is 0 Å². The normalized spacial score (nSPS) is 23.5. The van der Waals surface area contributed by atoms with Crippen LogP contribution in [0.4, 0.5) is 0 Å². The molecule has 6 nitrogen and oxygen atoms in total. The first-order valence-electron chi connectivity index (χ1n) is 11.3. The minimum absolute atomic E-state index is 0.119. The van der Waals surface area contributed by atoms with Gasteiger partial charge in [0.15, 0.2) is 0 Å². The second kappa shape index (κ2) is 9.64. The van der Waals surface area contributed by atoms with Crippen LogP contribution in [0.2, 0.25) is 0 Å². The Morgan fingerprint density at radius 1 is 0.714 bits per heavy atom. The number of nitrogens with zero attached hydrogens (tertiary/aromatic N) is 2. The van der Waals surface area contributed by atoms with Crippen molar-refractivity contribution < 1.29 is 16.8 Å². The van der Waals surface area contributed by atoms with Gasteiger partial charge in [0.05, 0.1) is 22.9 Å². The van der Waals surface area contributed by atoms with Gasteiger partial charge in [-0.3, -0.25) is 0 Å². The number of fused-ring (bicyclic) bond motifs is 2. The number of hydrogen-bond acceptors (Lipinski definition) is 4. The number of rotatable bonds is 8. The Hall–Kier alpha value is -2.88. The van der Waals surface area contributed by atoms with Crippen LogP contribution < -0.4 is 0 Å². The number of terminal acetylenes is 2. The monoisotopic (exact) mass is 508 g/mol. The third-order valence-electron chi connectivity index (χ3n) is 6.79. The van der Waals surface area contributed by atoms with E-state index in [-0.39, 0.29) is 34.7 Å². The molecule has 4 rings (SSSR count). The number of benzene rings is 2. The fraction of sp³-hybridized carbons (Fsp3) is 0.333. The minimum Gasteiger partial charge on any atom is -0.207 e. The lowest BCUT2D eigenvalue weighted by Gasteiger charge is -2.40. The lowest BCUT2D eigenvalue weighted by Crippen LogP contribution is -2.57. The van der Waals surface area contributed by atoms with E-state index in [2.05, 4.69) is 11.8 Å². The van der Waals surface area contributed by atoms with E-state index < -0.39 is 32.1 Å². The van der Waals surface area contributed by atoms with Gasteiger partial charge in [-0.25, -0.2) is 16.8 Å². The average Bonchev–Trinajstić information content (AvgIpc) is 3.43. The van der Waals surface area contributed by atoms with Crippen molar-refractivity contribution in [2.45, 2.75) is 42.1 Å². The predicted octanol–water partition coefficient (Wildman–Crippen LogP) is 3.19. The molecule has 2 bridgehead atoms. The summed E-state index contributed by atoms with van der Waals surface area (Å²) < 4.78 is 57.7. The van der Waals surface area contributed by atoms with Crippen LogP contribution in [-0.4, -0.2) is 50.6 Å². The number of sulfonamides is 2. The summed E-state index contributed by atoms with van der Waals surface area (Å²) in [6.07, 6.45) is 15.8. The zero-order chi connectivity index (χ0) is 25.4. The summed E-state index contributed by atoms with van der Waals surface area (Å²) in [7, 11) is -8.00. The Bertz CT molecular complexity index is 1300. The van der Waals surface area contributed by atoms with Gasteiger partial charge < -0.3 is 0 Å². The van der Waals surface area contributed by atoms with Crippen LogP contribution in [0.5, 0.6) is 0 Å². The van der Waals surface area contributed by atoms with Crippen LogP contribution >= 0.6 is 0 Å². The first kappa shape index (κ1) is 25.2. The molecule has 0 aromatic heterocycles. The van der Waals surface area contributed by atoms with Crippen molar-refractivity contribution in [1.82, 2.24) is 8.61 Å². The highest BCUT2D eigenvalue weighted by atomic mass is 32.2. The molecule has 4 atom stereocenters. The largest absolute Gasteiger partial charge is 0.244 e. The van der Waals surface area contributed by atoms with Gasteiger partial charge in [0.25, 0.3) is 0 Å². The summed E-state index contributed by atoms with van der Waals surface area (Å²) in [4.78, 5) is 0.238. The Kier molecular flexibility index (Phi) is 6.95. The van der Waals surface area contributed by atoms with Crippen LogP contribution in [0.15, 0.2) is 70.5 Å². The van der Waals surface area contributed by atoms with Gasteiger partial charge in [-0.2, -0.15) is 8.61 Å². The van der Waals surface area contributed by atoms with E-state index in [0.29, 0.717) is 6.42 Å². The molecule has 35 heavy (non-hydrogen) atoms. The number of hydrogen-bond donors (Lipinski definition) is 0. The van der Waals surface area contributed by atoms with Crippen molar-refractivity contribution in [3.8, 4) is 24.7 Å². The van der Waals surface area contributed by atoms with Crippen molar-refractivity contribution >= 4 is 20.0 Å². The molecule has 2 aliphatic rings. The molecule has 2 aromatic rings. The van der Waals surface area contributed by atoms with Crippen molar-refractivity contribution in [2.24, 2.45) is 11.8 Å². The van der Waals surface area contributed by atoms with Crippen LogP contribution in [0.25, 0.3) is 0 Å². The molecule has 0 unspecified atom stereocenters. The molecule has 0 N–H and O–H groups in total. The molecule has 0 aliphatic heterocycles. The lowest BCUT2D eigenvalue weighted by molar-refractivity contribution is 0.196. The standard InChI is InChI=1S/C27H28N2O4S2/c1-5-17-28(34(30,31)24-13-7-20(3)8-14-24)26-22-11-12-23(19-22)27(26)29(18-6-2)35(32,33)25-15-9-21(4)10-16-25/h1-2,7-16,22-23,26-27H,17-19H2,3-4H3/t22-,23+,26-,27-/m1/s1. The molecule has 0 amide bonds. The van der Waals surface area contributed by atoms with E-state index >= 15 is 0 Å². The first-order valence-corrected chi connectivity index (χ1v) is 14.2. The third kappa shape index (κ3) is 4.55. The molecular weight excluding hydrogens is 480 g/mol. The summed E-state index contributed by atoms with van der Waals surface area (Å²) >= 11 is 0. The van der Waals surface area contributed by atoms with E-state index in [1.165, 1.54) is 8.61 Å². The molecule has 2 aromatic carbocycles. The molecule has 182 valence electrons. The van der Waals surface area contributed by atoms with Gasteiger partial charge in [0.2, 0.25) is 20.0 Å². The average molecular weight is 509 g/mol. The van der Waals surface area contributed by atoms with Gasteiger partial charge in [-0.05, 0) is 56.4 Å². The summed E-state index contributed by atoms with van der Waals surface area (Å²) in [6, 6.07) is 11.8. The van der Waals surface area contributed by atoms with Gasteiger partial charge in [0, 0.05) is 12.1 Å². The van der Waals surface area contributed by atoms with E-state index in [9.17, 15) is 16.8 Å². The van der Waals surface area contributed by atoms with E-state index in [0.717, 1.165) is 11.1 Å². The maximum Gasteiger partial charge on any atom is 0.244 e. The van der Waals surface area contributed by atoms with Crippen molar-refractivity contribution in [2.75, 3.05) is 13.1 Å². The zero-order valence-corrected chi connectivity index (χ0v) is 21.3.